The lowest BCUT2D eigenvalue weighted by Gasteiger charge is -2.29. The molecule has 0 bridgehead atoms. The highest BCUT2D eigenvalue weighted by Gasteiger charge is 2.24. The summed E-state index contributed by atoms with van der Waals surface area (Å²) in [5, 5.41) is 5.04. The maximum atomic E-state index is 12.9. The zero-order valence-electron chi connectivity index (χ0n) is 18.8. The number of rotatable bonds is 6. The molecule has 0 saturated heterocycles. The summed E-state index contributed by atoms with van der Waals surface area (Å²) in [7, 11) is 1.61. The molecule has 1 N–H and O–H groups in total. The first-order chi connectivity index (χ1) is 16.0. The molecule has 0 aliphatic carbocycles. The molecule has 1 aliphatic heterocycles. The minimum Gasteiger partial charge on any atom is -0.497 e. The van der Waals surface area contributed by atoms with Gasteiger partial charge in [-0.15, -0.1) is 0 Å². The summed E-state index contributed by atoms with van der Waals surface area (Å²) in [6.07, 6.45) is 9.74. The first-order valence-corrected chi connectivity index (χ1v) is 11.0. The molecule has 0 spiro atoms. The third-order valence-corrected chi connectivity index (χ3v) is 5.81. The quantitative estimate of drug-likeness (QED) is 0.585. The molecular formula is C27H27N3O3. The number of nitrogens with one attached hydrogen (secondary N) is 1. The van der Waals surface area contributed by atoms with E-state index in [4.69, 9.17) is 4.74 Å². The summed E-state index contributed by atoms with van der Waals surface area (Å²) in [6, 6.07) is 15.0. The Morgan fingerprint density at radius 3 is 2.64 bits per heavy atom. The Balaban J connectivity index is 1.35. The molecule has 1 atom stereocenters. The number of benzene rings is 2. The Labute approximate surface area is 193 Å². The predicted molar refractivity (Wildman–Crippen MR) is 131 cm³/mol. The largest absolute Gasteiger partial charge is 0.497 e. The monoisotopic (exact) mass is 441 g/mol. The van der Waals surface area contributed by atoms with Crippen molar-refractivity contribution in [2.24, 2.45) is 0 Å². The summed E-state index contributed by atoms with van der Waals surface area (Å²) in [5.74, 6) is 0.362. The van der Waals surface area contributed by atoms with Crippen molar-refractivity contribution < 1.29 is 14.3 Å². The van der Waals surface area contributed by atoms with Crippen LogP contribution in [-0.2, 0) is 9.59 Å². The molecule has 1 aromatic heterocycles. The van der Waals surface area contributed by atoms with Crippen molar-refractivity contribution in [3.05, 3.63) is 84.2 Å². The van der Waals surface area contributed by atoms with Crippen LogP contribution in [-0.4, -0.2) is 47.9 Å². The third-order valence-electron chi connectivity index (χ3n) is 5.81. The van der Waals surface area contributed by atoms with Crippen LogP contribution in [0.4, 0.5) is 0 Å². The van der Waals surface area contributed by atoms with E-state index in [1.54, 1.807) is 25.0 Å². The molecule has 4 rings (SSSR count). The van der Waals surface area contributed by atoms with E-state index in [0.717, 1.165) is 28.7 Å². The van der Waals surface area contributed by atoms with Gasteiger partial charge in [0.1, 0.15) is 11.8 Å². The summed E-state index contributed by atoms with van der Waals surface area (Å²) in [5.41, 5.74) is 3.19. The molecule has 2 heterocycles. The van der Waals surface area contributed by atoms with Crippen LogP contribution in [0.15, 0.2) is 73.1 Å². The van der Waals surface area contributed by atoms with Crippen LogP contribution < -0.4 is 10.1 Å². The molecule has 1 unspecified atom stereocenters. The summed E-state index contributed by atoms with van der Waals surface area (Å²) in [4.78, 5) is 31.3. The van der Waals surface area contributed by atoms with Gasteiger partial charge in [-0.25, -0.2) is 0 Å². The van der Waals surface area contributed by atoms with E-state index < -0.39 is 6.04 Å². The van der Waals surface area contributed by atoms with Gasteiger partial charge in [-0.05, 0) is 48.1 Å². The highest BCUT2D eigenvalue weighted by Crippen LogP contribution is 2.28. The van der Waals surface area contributed by atoms with Crippen molar-refractivity contribution in [1.82, 2.24) is 15.2 Å². The van der Waals surface area contributed by atoms with E-state index in [1.807, 2.05) is 48.8 Å². The number of ether oxygens (including phenoxy) is 1. The fraction of sp³-hybridized carbons (Fsp3) is 0.222. The number of hydrogen-bond donors (Lipinski definition) is 1. The standard InChI is InChI=1S/C27H27N3O3/c1-19(29-26(31)12-9-20-7-10-23(33-2)11-8-20)27(32)30-15-13-21(14-16-30)25-18-28-17-22-5-3-4-6-24(22)25/h3-13,17-19H,14-16H2,1-2H3,(H,29,31)/b12-9+. The first kappa shape index (κ1) is 22.3. The Kier molecular flexibility index (Phi) is 6.83. The van der Waals surface area contributed by atoms with Crippen LogP contribution >= 0.6 is 0 Å². The lowest BCUT2D eigenvalue weighted by molar-refractivity contribution is -0.134. The SMILES string of the molecule is COc1ccc(/C=C/C(=O)NC(C)C(=O)N2CC=C(c3cncc4ccccc34)CC2)cc1. The molecule has 6 nitrogen and oxygen atoms in total. The van der Waals surface area contributed by atoms with Gasteiger partial charge in [-0.2, -0.15) is 0 Å². The highest BCUT2D eigenvalue weighted by molar-refractivity contribution is 5.96. The minimum atomic E-state index is -0.604. The van der Waals surface area contributed by atoms with Crippen molar-refractivity contribution in [2.75, 3.05) is 20.2 Å². The Bertz CT molecular complexity index is 1210. The van der Waals surface area contributed by atoms with Gasteiger partial charge in [-0.3, -0.25) is 14.6 Å². The number of hydrogen-bond acceptors (Lipinski definition) is 4. The average Bonchev–Trinajstić information content (AvgIpc) is 2.87. The second kappa shape index (κ2) is 10.1. The van der Waals surface area contributed by atoms with Gasteiger partial charge in [0.2, 0.25) is 11.8 Å². The van der Waals surface area contributed by atoms with Crippen molar-refractivity contribution in [1.29, 1.82) is 0 Å². The van der Waals surface area contributed by atoms with Crippen LogP contribution in [0.2, 0.25) is 0 Å². The second-order valence-corrected chi connectivity index (χ2v) is 8.01. The summed E-state index contributed by atoms with van der Waals surface area (Å²) in [6.45, 7) is 2.84. The van der Waals surface area contributed by atoms with Crippen molar-refractivity contribution in [3.63, 3.8) is 0 Å². The van der Waals surface area contributed by atoms with E-state index >= 15 is 0 Å². The van der Waals surface area contributed by atoms with Gasteiger partial charge in [-0.1, -0.05) is 42.5 Å². The molecule has 2 amide bonds. The molecule has 33 heavy (non-hydrogen) atoms. The number of carbonyl (C=O) groups excluding carboxylic acids is 2. The predicted octanol–water partition coefficient (Wildman–Crippen LogP) is 4.08. The average molecular weight is 442 g/mol. The molecule has 0 fully saturated rings. The van der Waals surface area contributed by atoms with Crippen molar-refractivity contribution >= 4 is 34.2 Å². The summed E-state index contributed by atoms with van der Waals surface area (Å²) >= 11 is 0. The number of nitrogens with zero attached hydrogens (tertiary/aromatic N) is 2. The van der Waals surface area contributed by atoms with Crippen LogP contribution in [0.3, 0.4) is 0 Å². The minimum absolute atomic E-state index is 0.0902. The van der Waals surface area contributed by atoms with Gasteiger partial charge in [0.05, 0.1) is 7.11 Å². The van der Waals surface area contributed by atoms with Gasteiger partial charge < -0.3 is 15.0 Å². The second-order valence-electron chi connectivity index (χ2n) is 8.01. The smallest absolute Gasteiger partial charge is 0.245 e. The number of methoxy groups -OCH3 is 1. The van der Waals surface area contributed by atoms with Crippen LogP contribution in [0.5, 0.6) is 5.75 Å². The molecule has 1 aliphatic rings. The van der Waals surface area contributed by atoms with Crippen LogP contribution in [0.25, 0.3) is 22.4 Å². The third kappa shape index (κ3) is 5.29. The molecule has 2 aromatic carbocycles. The Morgan fingerprint density at radius 1 is 1.12 bits per heavy atom. The van der Waals surface area contributed by atoms with Crippen LogP contribution in [0, 0.1) is 0 Å². The zero-order valence-corrected chi connectivity index (χ0v) is 18.8. The topological polar surface area (TPSA) is 71.5 Å². The molecular weight excluding hydrogens is 414 g/mol. The fourth-order valence-electron chi connectivity index (χ4n) is 3.97. The molecule has 0 radical (unpaired) electrons. The van der Waals surface area contributed by atoms with Crippen molar-refractivity contribution in [3.8, 4) is 5.75 Å². The van der Waals surface area contributed by atoms with Gasteiger partial charge in [0.25, 0.3) is 0 Å². The van der Waals surface area contributed by atoms with Gasteiger partial charge in [0, 0.05) is 42.5 Å². The van der Waals surface area contributed by atoms with E-state index in [2.05, 4.69) is 28.5 Å². The van der Waals surface area contributed by atoms with Gasteiger partial charge in [0.15, 0.2) is 0 Å². The molecule has 6 heteroatoms. The maximum absolute atomic E-state index is 12.9. The van der Waals surface area contributed by atoms with Crippen molar-refractivity contribution in [2.45, 2.75) is 19.4 Å². The maximum Gasteiger partial charge on any atom is 0.245 e. The fourth-order valence-corrected chi connectivity index (χ4v) is 3.97. The van der Waals surface area contributed by atoms with E-state index in [9.17, 15) is 9.59 Å². The first-order valence-electron chi connectivity index (χ1n) is 11.0. The van der Waals surface area contributed by atoms with E-state index in [0.29, 0.717) is 13.1 Å². The summed E-state index contributed by atoms with van der Waals surface area (Å²) < 4.78 is 5.13. The molecule has 0 saturated carbocycles. The van der Waals surface area contributed by atoms with Gasteiger partial charge >= 0.3 is 0 Å². The van der Waals surface area contributed by atoms with Crippen LogP contribution in [0.1, 0.15) is 24.5 Å². The molecule has 168 valence electrons. The zero-order chi connectivity index (χ0) is 23.2. The number of aromatic nitrogens is 1. The number of pyridine rings is 1. The van der Waals surface area contributed by atoms with E-state index in [-0.39, 0.29) is 11.8 Å². The Morgan fingerprint density at radius 2 is 1.91 bits per heavy atom. The lowest BCUT2D eigenvalue weighted by Crippen LogP contribution is -2.47. The number of carbonyl (C=O) groups is 2. The normalized spacial score (nSPS) is 14.7. The van der Waals surface area contributed by atoms with E-state index in [1.165, 1.54) is 17.0 Å². The highest BCUT2D eigenvalue weighted by atomic mass is 16.5. The number of fused-ring (bicyclic) bond motifs is 1. The lowest BCUT2D eigenvalue weighted by atomic mass is 9.96. The Hall–Kier alpha value is -3.93. The number of amides is 2. The molecule has 3 aromatic rings.